The van der Waals surface area contributed by atoms with Crippen LogP contribution in [0.15, 0.2) is 60.4 Å². The zero-order chi connectivity index (χ0) is 19.3. The molecule has 1 aliphatic carbocycles. The third kappa shape index (κ3) is 4.16. The van der Waals surface area contributed by atoms with Crippen molar-refractivity contribution in [1.29, 1.82) is 0 Å². The summed E-state index contributed by atoms with van der Waals surface area (Å²) in [6, 6.07) is 15.4. The highest BCUT2D eigenvalue weighted by atomic mass is 32.2. The molecule has 1 atom stereocenters. The van der Waals surface area contributed by atoms with Crippen LogP contribution in [0.5, 0.6) is 5.75 Å². The lowest BCUT2D eigenvalue weighted by molar-refractivity contribution is 0.413. The lowest BCUT2D eigenvalue weighted by Crippen LogP contribution is -2.19. The fourth-order valence-corrected chi connectivity index (χ4v) is 4.39. The second-order valence-corrected chi connectivity index (χ2v) is 7.78. The molecular weight excluding hydrogens is 366 g/mol. The van der Waals surface area contributed by atoms with Gasteiger partial charge in [0.2, 0.25) is 0 Å². The van der Waals surface area contributed by atoms with Crippen LogP contribution in [0.25, 0.3) is 11.8 Å². The molecular formula is C23H25N3OS. The van der Waals surface area contributed by atoms with E-state index in [1.807, 2.05) is 24.0 Å². The van der Waals surface area contributed by atoms with Crippen molar-refractivity contribution in [3.63, 3.8) is 0 Å². The molecule has 1 aliphatic rings. The van der Waals surface area contributed by atoms with Gasteiger partial charge < -0.3 is 9.30 Å². The van der Waals surface area contributed by atoms with Crippen LogP contribution in [0.2, 0.25) is 0 Å². The van der Waals surface area contributed by atoms with Gasteiger partial charge in [0.25, 0.3) is 0 Å². The first-order valence-corrected chi connectivity index (χ1v) is 10.5. The monoisotopic (exact) mass is 391 g/mol. The third-order valence-corrected chi connectivity index (χ3v) is 5.79. The quantitative estimate of drug-likeness (QED) is 0.565. The minimum Gasteiger partial charge on any atom is -0.495 e. The summed E-state index contributed by atoms with van der Waals surface area (Å²) >= 11 is 1.65. The highest BCUT2D eigenvalue weighted by Gasteiger charge is 2.18. The van der Waals surface area contributed by atoms with E-state index in [2.05, 4.69) is 63.7 Å². The Kier molecular flexibility index (Phi) is 5.84. The van der Waals surface area contributed by atoms with Crippen LogP contribution < -0.4 is 9.46 Å². The van der Waals surface area contributed by atoms with Crippen molar-refractivity contribution in [2.24, 2.45) is 0 Å². The number of methoxy groups -OCH3 is 1. The molecule has 1 heterocycles. The fraction of sp³-hybridized carbons (Fsp3) is 0.261. The van der Waals surface area contributed by atoms with Crippen LogP contribution in [0.3, 0.4) is 0 Å². The maximum atomic E-state index is 5.59. The normalized spacial score (nSPS) is 16.3. The van der Waals surface area contributed by atoms with Gasteiger partial charge in [0.15, 0.2) is 0 Å². The first kappa shape index (κ1) is 18.8. The Hall–Kier alpha value is -2.50. The van der Waals surface area contributed by atoms with Gasteiger partial charge in [-0.3, -0.25) is 4.72 Å². The molecule has 3 aromatic rings. The molecule has 0 aliphatic heterocycles. The van der Waals surface area contributed by atoms with E-state index in [4.69, 9.17) is 4.74 Å². The maximum Gasteiger partial charge on any atom is 0.143 e. The van der Waals surface area contributed by atoms with E-state index in [-0.39, 0.29) is 0 Å². The largest absolute Gasteiger partial charge is 0.495 e. The summed E-state index contributed by atoms with van der Waals surface area (Å²) in [6.07, 6.45) is 9.53. The van der Waals surface area contributed by atoms with Crippen LogP contribution in [-0.2, 0) is 6.42 Å². The number of aromatic nitrogens is 2. The maximum absolute atomic E-state index is 5.59. The summed E-state index contributed by atoms with van der Waals surface area (Å²) < 4.78 is 11.2. The standard InChI is InChI=1S/C23H25N3OS/c1-17-15-26(16-24-17)22-11-10-18(14-23(22)27-2)12-13-28-25-21-9-5-7-19-6-3-4-8-20(19)21/h3-4,6,8,10-16,21,25H,5,7,9H2,1-2H3/b13-12+. The van der Waals surface area contributed by atoms with Crippen molar-refractivity contribution in [2.75, 3.05) is 7.11 Å². The number of aryl methyl sites for hydroxylation is 2. The van der Waals surface area contributed by atoms with Gasteiger partial charge in [0.05, 0.1) is 24.8 Å². The van der Waals surface area contributed by atoms with Crippen LogP contribution in [0.4, 0.5) is 0 Å². The number of benzene rings is 2. The van der Waals surface area contributed by atoms with Crippen LogP contribution in [-0.4, -0.2) is 16.7 Å². The average molecular weight is 392 g/mol. The number of hydrogen-bond acceptors (Lipinski definition) is 4. The Morgan fingerprint density at radius 2 is 2.14 bits per heavy atom. The molecule has 0 fully saturated rings. The Labute approximate surface area is 170 Å². The molecule has 0 radical (unpaired) electrons. The van der Waals surface area contributed by atoms with Gasteiger partial charge in [-0.1, -0.05) is 42.3 Å². The number of nitrogens with one attached hydrogen (secondary N) is 1. The molecule has 4 rings (SSSR count). The van der Waals surface area contributed by atoms with Crippen molar-refractivity contribution in [3.05, 3.63) is 82.8 Å². The lowest BCUT2D eigenvalue weighted by Gasteiger charge is -2.25. The molecule has 0 saturated carbocycles. The summed E-state index contributed by atoms with van der Waals surface area (Å²) in [5, 5.41) is 2.10. The second kappa shape index (κ2) is 8.67. The predicted octanol–water partition coefficient (Wildman–Crippen LogP) is 5.48. The van der Waals surface area contributed by atoms with E-state index < -0.39 is 0 Å². The van der Waals surface area contributed by atoms with Gasteiger partial charge in [-0.05, 0) is 66.5 Å². The van der Waals surface area contributed by atoms with E-state index in [0.717, 1.165) is 22.7 Å². The summed E-state index contributed by atoms with van der Waals surface area (Å²) in [5.41, 5.74) is 6.00. The molecule has 0 saturated heterocycles. The van der Waals surface area contributed by atoms with E-state index in [1.54, 1.807) is 19.1 Å². The van der Waals surface area contributed by atoms with E-state index >= 15 is 0 Å². The third-order valence-electron chi connectivity index (χ3n) is 5.10. The summed E-state index contributed by atoms with van der Waals surface area (Å²) in [6.45, 7) is 1.98. The topological polar surface area (TPSA) is 39.1 Å². The molecule has 0 spiro atoms. The number of fused-ring (bicyclic) bond motifs is 1. The summed E-state index contributed by atoms with van der Waals surface area (Å²) in [4.78, 5) is 4.29. The van der Waals surface area contributed by atoms with Crippen molar-refractivity contribution in [1.82, 2.24) is 14.3 Å². The predicted molar refractivity (Wildman–Crippen MR) is 117 cm³/mol. The van der Waals surface area contributed by atoms with Crippen molar-refractivity contribution in [2.45, 2.75) is 32.2 Å². The Morgan fingerprint density at radius 1 is 1.25 bits per heavy atom. The van der Waals surface area contributed by atoms with Gasteiger partial charge >= 0.3 is 0 Å². The van der Waals surface area contributed by atoms with Crippen LogP contribution in [0.1, 0.15) is 41.3 Å². The Morgan fingerprint density at radius 3 is 2.96 bits per heavy atom. The zero-order valence-electron chi connectivity index (χ0n) is 16.3. The smallest absolute Gasteiger partial charge is 0.143 e. The van der Waals surface area contributed by atoms with Crippen molar-refractivity contribution in [3.8, 4) is 11.4 Å². The van der Waals surface area contributed by atoms with E-state index in [9.17, 15) is 0 Å². The first-order valence-electron chi connectivity index (χ1n) is 9.59. The summed E-state index contributed by atoms with van der Waals surface area (Å²) in [5.74, 6) is 0.832. The number of nitrogens with zero attached hydrogens (tertiary/aromatic N) is 2. The summed E-state index contributed by atoms with van der Waals surface area (Å²) in [7, 11) is 1.70. The lowest BCUT2D eigenvalue weighted by atomic mass is 9.88. The minimum atomic E-state index is 0.418. The molecule has 1 N–H and O–H groups in total. The van der Waals surface area contributed by atoms with Crippen molar-refractivity contribution >= 4 is 18.0 Å². The van der Waals surface area contributed by atoms with Crippen LogP contribution in [0, 0.1) is 6.92 Å². The Bertz CT molecular complexity index is 979. The molecule has 28 heavy (non-hydrogen) atoms. The van der Waals surface area contributed by atoms with E-state index in [0.29, 0.717) is 6.04 Å². The SMILES string of the molecule is COc1cc(/C=C/SNC2CCCc3ccccc32)ccc1-n1cnc(C)c1. The molecule has 0 bridgehead atoms. The number of imidazole rings is 1. The molecule has 1 unspecified atom stereocenters. The molecule has 4 nitrogen and oxygen atoms in total. The van der Waals surface area contributed by atoms with E-state index in [1.165, 1.54) is 30.4 Å². The fourth-order valence-electron chi connectivity index (χ4n) is 3.67. The number of hydrogen-bond donors (Lipinski definition) is 1. The van der Waals surface area contributed by atoms with Gasteiger partial charge in [0, 0.05) is 12.2 Å². The second-order valence-electron chi connectivity index (χ2n) is 7.04. The highest BCUT2D eigenvalue weighted by Crippen LogP contribution is 2.31. The Balaban J connectivity index is 1.41. The molecule has 0 amide bonds. The number of rotatable bonds is 6. The van der Waals surface area contributed by atoms with Gasteiger partial charge in [-0.25, -0.2) is 4.98 Å². The highest BCUT2D eigenvalue weighted by molar-refractivity contribution is 8.00. The molecule has 5 heteroatoms. The van der Waals surface area contributed by atoms with Gasteiger partial charge in [-0.2, -0.15) is 0 Å². The zero-order valence-corrected chi connectivity index (χ0v) is 17.1. The van der Waals surface area contributed by atoms with Crippen LogP contribution >= 0.6 is 11.9 Å². The van der Waals surface area contributed by atoms with Gasteiger partial charge in [-0.15, -0.1) is 0 Å². The average Bonchev–Trinajstić information content (AvgIpc) is 3.17. The van der Waals surface area contributed by atoms with Crippen molar-refractivity contribution < 1.29 is 4.74 Å². The minimum absolute atomic E-state index is 0.418. The molecule has 144 valence electrons. The first-order chi connectivity index (χ1) is 13.7. The van der Waals surface area contributed by atoms with Gasteiger partial charge in [0.1, 0.15) is 5.75 Å². The molecule has 1 aromatic heterocycles. The molecule has 2 aromatic carbocycles. The number of ether oxygens (including phenoxy) is 1.